The number of aliphatic carboxylic acids is 1. The molecular formula is C15H11F3O2S. The van der Waals surface area contributed by atoms with Gasteiger partial charge in [0.25, 0.3) is 0 Å². The highest BCUT2D eigenvalue weighted by Gasteiger charge is 2.29. The predicted octanol–water partition coefficient (Wildman–Crippen LogP) is 4.48. The summed E-state index contributed by atoms with van der Waals surface area (Å²) in [6, 6.07) is 11.8. The number of alkyl halides is 3. The summed E-state index contributed by atoms with van der Waals surface area (Å²) >= 11 is 1.32. The molecule has 0 atom stereocenters. The van der Waals surface area contributed by atoms with Crippen molar-refractivity contribution in [2.45, 2.75) is 22.4 Å². The normalized spacial score (nSPS) is 11.4. The number of rotatable bonds is 4. The molecule has 0 bridgehead atoms. The zero-order valence-corrected chi connectivity index (χ0v) is 11.5. The third kappa shape index (κ3) is 4.53. The smallest absolute Gasteiger partial charge is 0.416 e. The summed E-state index contributed by atoms with van der Waals surface area (Å²) in [5.41, 5.74) is 0.00271. The Hall–Kier alpha value is -1.95. The lowest BCUT2D eigenvalue weighted by atomic mass is 10.2. The molecule has 0 aliphatic rings. The Labute approximate surface area is 123 Å². The highest BCUT2D eigenvalue weighted by molar-refractivity contribution is 7.99. The molecule has 6 heteroatoms. The van der Waals surface area contributed by atoms with Gasteiger partial charge in [-0.1, -0.05) is 23.9 Å². The number of benzene rings is 2. The third-order valence-electron chi connectivity index (χ3n) is 2.70. The van der Waals surface area contributed by atoms with Gasteiger partial charge in [0.15, 0.2) is 0 Å². The van der Waals surface area contributed by atoms with Crippen LogP contribution in [0.5, 0.6) is 0 Å². The van der Waals surface area contributed by atoms with Gasteiger partial charge in [-0.05, 0) is 42.0 Å². The summed E-state index contributed by atoms with van der Waals surface area (Å²) in [5, 5.41) is 8.67. The Kier molecular flexibility index (Phi) is 4.57. The average molecular weight is 312 g/mol. The highest BCUT2D eigenvalue weighted by Crippen LogP contribution is 2.33. The average Bonchev–Trinajstić information content (AvgIpc) is 2.40. The van der Waals surface area contributed by atoms with Crippen LogP contribution in [0.3, 0.4) is 0 Å². The molecule has 0 amide bonds. The van der Waals surface area contributed by atoms with Crippen LogP contribution in [-0.2, 0) is 17.4 Å². The minimum atomic E-state index is -4.33. The topological polar surface area (TPSA) is 37.3 Å². The molecule has 0 spiro atoms. The van der Waals surface area contributed by atoms with Crippen LogP contribution in [-0.4, -0.2) is 11.1 Å². The van der Waals surface area contributed by atoms with Crippen molar-refractivity contribution in [2.75, 3.05) is 0 Å². The van der Waals surface area contributed by atoms with E-state index in [4.69, 9.17) is 5.11 Å². The van der Waals surface area contributed by atoms with Crippen LogP contribution < -0.4 is 0 Å². The molecule has 0 unspecified atom stereocenters. The second kappa shape index (κ2) is 6.22. The fourth-order valence-electron chi connectivity index (χ4n) is 1.70. The Morgan fingerprint density at radius 3 is 1.86 bits per heavy atom. The molecule has 0 aliphatic heterocycles. The van der Waals surface area contributed by atoms with E-state index in [9.17, 15) is 18.0 Å². The molecule has 2 aromatic carbocycles. The Morgan fingerprint density at radius 2 is 1.43 bits per heavy atom. The fourth-order valence-corrected chi connectivity index (χ4v) is 2.51. The van der Waals surface area contributed by atoms with Crippen LogP contribution in [0, 0.1) is 0 Å². The van der Waals surface area contributed by atoms with Gasteiger partial charge in [-0.15, -0.1) is 0 Å². The molecule has 21 heavy (non-hydrogen) atoms. The Bertz CT molecular complexity index is 619. The first-order valence-electron chi connectivity index (χ1n) is 6.00. The van der Waals surface area contributed by atoms with Crippen molar-refractivity contribution in [3.63, 3.8) is 0 Å². The van der Waals surface area contributed by atoms with Crippen LogP contribution in [0.25, 0.3) is 0 Å². The molecule has 2 aromatic rings. The maximum Gasteiger partial charge on any atom is 0.416 e. The van der Waals surface area contributed by atoms with Crippen molar-refractivity contribution in [3.8, 4) is 0 Å². The summed E-state index contributed by atoms with van der Waals surface area (Å²) < 4.78 is 37.3. The quantitative estimate of drug-likeness (QED) is 0.904. The molecule has 0 saturated heterocycles. The van der Waals surface area contributed by atoms with E-state index in [-0.39, 0.29) is 6.42 Å². The first-order chi connectivity index (χ1) is 9.84. The van der Waals surface area contributed by atoms with E-state index < -0.39 is 17.7 Å². The molecule has 0 aliphatic carbocycles. The standard InChI is InChI=1S/C15H11F3O2S/c16-15(17,18)11-3-7-13(8-4-11)21-12-5-1-10(2-6-12)9-14(19)20/h1-8H,9H2,(H,19,20). The van der Waals surface area contributed by atoms with Gasteiger partial charge in [0.05, 0.1) is 12.0 Å². The third-order valence-corrected chi connectivity index (χ3v) is 3.71. The van der Waals surface area contributed by atoms with Crippen LogP contribution in [0.2, 0.25) is 0 Å². The van der Waals surface area contributed by atoms with E-state index in [2.05, 4.69) is 0 Å². The van der Waals surface area contributed by atoms with Gasteiger partial charge in [-0.2, -0.15) is 13.2 Å². The Morgan fingerprint density at radius 1 is 0.952 bits per heavy atom. The molecule has 0 radical (unpaired) electrons. The van der Waals surface area contributed by atoms with E-state index in [1.807, 2.05) is 0 Å². The van der Waals surface area contributed by atoms with Gasteiger partial charge < -0.3 is 5.11 Å². The lowest BCUT2D eigenvalue weighted by Gasteiger charge is -2.07. The fraction of sp³-hybridized carbons (Fsp3) is 0.133. The van der Waals surface area contributed by atoms with Crippen LogP contribution in [0.4, 0.5) is 13.2 Å². The monoisotopic (exact) mass is 312 g/mol. The number of carboxylic acid groups (broad SMARTS) is 1. The van der Waals surface area contributed by atoms with Gasteiger partial charge in [0.2, 0.25) is 0 Å². The summed E-state index contributed by atoms with van der Waals surface area (Å²) in [6.07, 6.45) is -4.38. The van der Waals surface area contributed by atoms with Crippen LogP contribution >= 0.6 is 11.8 Å². The zero-order valence-electron chi connectivity index (χ0n) is 10.7. The number of carbonyl (C=O) groups is 1. The van der Waals surface area contributed by atoms with Crippen molar-refractivity contribution in [1.29, 1.82) is 0 Å². The van der Waals surface area contributed by atoms with Gasteiger partial charge in [-0.25, -0.2) is 0 Å². The van der Waals surface area contributed by atoms with Crippen LogP contribution in [0.1, 0.15) is 11.1 Å². The maximum atomic E-state index is 12.4. The van der Waals surface area contributed by atoms with Gasteiger partial charge in [0.1, 0.15) is 0 Å². The lowest BCUT2D eigenvalue weighted by molar-refractivity contribution is -0.138. The summed E-state index contributed by atoms with van der Waals surface area (Å²) in [5.74, 6) is -0.904. The summed E-state index contributed by atoms with van der Waals surface area (Å²) in [4.78, 5) is 12.1. The first kappa shape index (κ1) is 15.4. The van der Waals surface area contributed by atoms with E-state index in [1.165, 1.54) is 23.9 Å². The molecule has 1 N–H and O–H groups in total. The molecule has 0 saturated carbocycles. The molecule has 0 fully saturated rings. The number of halogens is 3. The predicted molar refractivity (Wildman–Crippen MR) is 73.3 cm³/mol. The van der Waals surface area contributed by atoms with Gasteiger partial charge in [0, 0.05) is 9.79 Å². The molecule has 0 heterocycles. The van der Waals surface area contributed by atoms with Gasteiger partial charge >= 0.3 is 12.1 Å². The molecule has 2 nitrogen and oxygen atoms in total. The van der Waals surface area contributed by atoms with Crippen molar-refractivity contribution >= 4 is 17.7 Å². The molecule has 2 rings (SSSR count). The van der Waals surface area contributed by atoms with E-state index in [1.54, 1.807) is 24.3 Å². The highest BCUT2D eigenvalue weighted by atomic mass is 32.2. The van der Waals surface area contributed by atoms with E-state index >= 15 is 0 Å². The van der Waals surface area contributed by atoms with E-state index in [0.29, 0.717) is 10.5 Å². The SMILES string of the molecule is O=C(O)Cc1ccc(Sc2ccc(C(F)(F)F)cc2)cc1. The number of hydrogen-bond acceptors (Lipinski definition) is 2. The van der Waals surface area contributed by atoms with Crippen LogP contribution in [0.15, 0.2) is 58.3 Å². The zero-order chi connectivity index (χ0) is 15.5. The first-order valence-corrected chi connectivity index (χ1v) is 6.82. The minimum Gasteiger partial charge on any atom is -0.481 e. The second-order valence-electron chi connectivity index (χ2n) is 4.34. The van der Waals surface area contributed by atoms with Crippen molar-refractivity contribution in [3.05, 3.63) is 59.7 Å². The largest absolute Gasteiger partial charge is 0.481 e. The van der Waals surface area contributed by atoms with Crippen molar-refractivity contribution in [2.24, 2.45) is 0 Å². The maximum absolute atomic E-state index is 12.4. The van der Waals surface area contributed by atoms with E-state index in [0.717, 1.165) is 17.0 Å². The van der Waals surface area contributed by atoms with Crippen molar-refractivity contribution in [1.82, 2.24) is 0 Å². The van der Waals surface area contributed by atoms with Gasteiger partial charge in [-0.3, -0.25) is 4.79 Å². The molecule has 0 aromatic heterocycles. The summed E-state index contributed by atoms with van der Waals surface area (Å²) in [6.45, 7) is 0. The lowest BCUT2D eigenvalue weighted by Crippen LogP contribution is -2.03. The Balaban J connectivity index is 2.06. The molecular weight excluding hydrogens is 301 g/mol. The molecule has 110 valence electrons. The number of hydrogen-bond donors (Lipinski definition) is 1. The van der Waals surface area contributed by atoms with Crippen molar-refractivity contribution < 1.29 is 23.1 Å². The summed E-state index contributed by atoms with van der Waals surface area (Å²) in [7, 11) is 0. The minimum absolute atomic E-state index is 0.0504. The number of carboxylic acids is 1. The second-order valence-corrected chi connectivity index (χ2v) is 5.49.